The van der Waals surface area contributed by atoms with Crippen molar-refractivity contribution < 1.29 is 14.6 Å². The molecule has 27 heavy (non-hydrogen) atoms. The number of carbonyl (C=O) groups excluding carboxylic acids is 1. The Bertz CT molecular complexity index is 456. The van der Waals surface area contributed by atoms with Gasteiger partial charge in [0.2, 0.25) is 0 Å². The highest BCUT2D eigenvalue weighted by atomic mass is 127. The molecular weight excluding hydrogens is 459 g/mol. The number of halogens is 1. The number of aliphatic imine (C=N–C) groups is 1. The molecule has 0 radical (unpaired) electrons. The second-order valence-corrected chi connectivity index (χ2v) is 7.20. The molecule has 0 aromatic rings. The number of guanidine groups is 1. The molecule has 2 saturated heterocycles. The zero-order chi connectivity index (χ0) is 18.8. The molecule has 0 amide bonds. The third-order valence-electron chi connectivity index (χ3n) is 5.13. The minimum absolute atomic E-state index is 0. The largest absolute Gasteiger partial charge is 0.466 e. The van der Waals surface area contributed by atoms with Gasteiger partial charge in [-0.3, -0.25) is 9.79 Å². The average molecular weight is 496 g/mol. The number of aliphatic hydroxyl groups is 1. The summed E-state index contributed by atoms with van der Waals surface area (Å²) in [5.41, 5.74) is 0. The monoisotopic (exact) mass is 496 g/mol. The highest BCUT2D eigenvalue weighted by Crippen LogP contribution is 2.18. The molecule has 2 fully saturated rings. The summed E-state index contributed by atoms with van der Waals surface area (Å²) >= 11 is 0. The Balaban J connectivity index is 0.00000364. The molecule has 1 atom stereocenters. The van der Waals surface area contributed by atoms with Gasteiger partial charge in [0.05, 0.1) is 18.6 Å². The highest BCUT2D eigenvalue weighted by molar-refractivity contribution is 14.0. The van der Waals surface area contributed by atoms with E-state index in [1.54, 1.807) is 0 Å². The summed E-state index contributed by atoms with van der Waals surface area (Å²) in [5.74, 6) is 0.781. The van der Waals surface area contributed by atoms with Crippen molar-refractivity contribution in [2.24, 2.45) is 10.9 Å². The van der Waals surface area contributed by atoms with Crippen molar-refractivity contribution in [1.82, 2.24) is 15.1 Å². The Morgan fingerprint density at radius 3 is 2.63 bits per heavy atom. The summed E-state index contributed by atoms with van der Waals surface area (Å²) in [6.07, 6.45) is 4.56. The molecule has 2 aliphatic rings. The van der Waals surface area contributed by atoms with Crippen molar-refractivity contribution in [1.29, 1.82) is 0 Å². The molecule has 8 heteroatoms. The van der Waals surface area contributed by atoms with Crippen LogP contribution in [0.3, 0.4) is 0 Å². The van der Waals surface area contributed by atoms with Crippen LogP contribution >= 0.6 is 24.0 Å². The van der Waals surface area contributed by atoms with Gasteiger partial charge in [0.1, 0.15) is 0 Å². The molecule has 0 aliphatic carbocycles. The fourth-order valence-electron chi connectivity index (χ4n) is 3.67. The zero-order valence-electron chi connectivity index (χ0n) is 16.9. The van der Waals surface area contributed by atoms with Crippen LogP contribution in [0.4, 0.5) is 0 Å². The van der Waals surface area contributed by atoms with Crippen molar-refractivity contribution >= 4 is 35.9 Å². The minimum atomic E-state index is -0.115. The van der Waals surface area contributed by atoms with Crippen LogP contribution in [0.15, 0.2) is 4.99 Å². The van der Waals surface area contributed by atoms with Crippen molar-refractivity contribution in [2.75, 3.05) is 52.4 Å². The number of nitrogens with one attached hydrogen (secondary N) is 1. The SMILES string of the molecule is CCNC(=NCCCN1CCC(O)CC1)N1CCCC(C(=O)OCC)C1.I. The Hall–Kier alpha value is -0.610. The van der Waals surface area contributed by atoms with Crippen molar-refractivity contribution in [3.8, 4) is 0 Å². The van der Waals surface area contributed by atoms with Gasteiger partial charge in [0, 0.05) is 39.3 Å². The van der Waals surface area contributed by atoms with Crippen LogP contribution in [-0.2, 0) is 9.53 Å². The van der Waals surface area contributed by atoms with Crippen molar-refractivity contribution in [3.05, 3.63) is 0 Å². The van der Waals surface area contributed by atoms with Gasteiger partial charge >= 0.3 is 5.97 Å². The van der Waals surface area contributed by atoms with Gasteiger partial charge in [-0.1, -0.05) is 0 Å². The van der Waals surface area contributed by atoms with Gasteiger partial charge in [-0.05, 0) is 52.5 Å². The van der Waals surface area contributed by atoms with E-state index in [1.807, 2.05) is 6.92 Å². The van der Waals surface area contributed by atoms with Gasteiger partial charge in [0.25, 0.3) is 0 Å². The van der Waals surface area contributed by atoms with Crippen molar-refractivity contribution in [2.45, 2.75) is 52.1 Å². The number of likely N-dealkylation sites (tertiary alicyclic amines) is 2. The van der Waals surface area contributed by atoms with Crippen LogP contribution < -0.4 is 5.32 Å². The Labute approximate surface area is 180 Å². The van der Waals surface area contributed by atoms with Gasteiger partial charge < -0.3 is 25.0 Å². The predicted molar refractivity (Wildman–Crippen MR) is 119 cm³/mol. The number of esters is 1. The van der Waals surface area contributed by atoms with Crippen molar-refractivity contribution in [3.63, 3.8) is 0 Å². The summed E-state index contributed by atoms with van der Waals surface area (Å²) in [6, 6.07) is 0. The highest BCUT2D eigenvalue weighted by Gasteiger charge is 2.28. The first-order valence-corrected chi connectivity index (χ1v) is 10.2. The first-order valence-electron chi connectivity index (χ1n) is 10.2. The molecule has 2 aliphatic heterocycles. The van der Waals surface area contributed by atoms with E-state index in [1.165, 1.54) is 0 Å². The maximum absolute atomic E-state index is 12.1. The van der Waals surface area contributed by atoms with Gasteiger partial charge in [-0.15, -0.1) is 24.0 Å². The third-order valence-corrected chi connectivity index (χ3v) is 5.13. The fourth-order valence-corrected chi connectivity index (χ4v) is 3.67. The number of ether oxygens (including phenoxy) is 1. The molecule has 0 aromatic carbocycles. The van der Waals surface area contributed by atoms with Crippen LogP contribution in [0.5, 0.6) is 0 Å². The number of nitrogens with zero attached hydrogens (tertiary/aromatic N) is 3. The zero-order valence-corrected chi connectivity index (χ0v) is 19.2. The second-order valence-electron chi connectivity index (χ2n) is 7.20. The Kier molecular flexibility index (Phi) is 12.3. The minimum Gasteiger partial charge on any atom is -0.466 e. The summed E-state index contributed by atoms with van der Waals surface area (Å²) in [6.45, 7) is 10.6. The first-order chi connectivity index (χ1) is 12.6. The Morgan fingerprint density at radius 2 is 1.96 bits per heavy atom. The van der Waals surface area contributed by atoms with E-state index in [0.29, 0.717) is 13.2 Å². The first kappa shape index (κ1) is 24.4. The van der Waals surface area contributed by atoms with Gasteiger partial charge in [-0.2, -0.15) is 0 Å². The molecule has 0 aromatic heterocycles. The smallest absolute Gasteiger partial charge is 0.310 e. The van der Waals surface area contributed by atoms with Crippen LogP contribution in [0.25, 0.3) is 0 Å². The summed E-state index contributed by atoms with van der Waals surface area (Å²) in [7, 11) is 0. The third kappa shape index (κ3) is 8.51. The maximum Gasteiger partial charge on any atom is 0.310 e. The molecule has 1 unspecified atom stereocenters. The number of hydrogen-bond donors (Lipinski definition) is 2. The van der Waals surface area contributed by atoms with E-state index in [-0.39, 0.29) is 42.0 Å². The lowest BCUT2D eigenvalue weighted by molar-refractivity contribution is -0.149. The summed E-state index contributed by atoms with van der Waals surface area (Å²) in [5, 5.41) is 12.9. The summed E-state index contributed by atoms with van der Waals surface area (Å²) in [4.78, 5) is 21.4. The lowest BCUT2D eigenvalue weighted by Gasteiger charge is -2.34. The lowest BCUT2D eigenvalue weighted by Crippen LogP contribution is -2.48. The normalized spacial score (nSPS) is 22.3. The molecule has 2 N–H and O–H groups in total. The van der Waals surface area contributed by atoms with Crippen LogP contribution in [0.2, 0.25) is 0 Å². The Morgan fingerprint density at radius 1 is 1.22 bits per heavy atom. The van der Waals surface area contributed by atoms with E-state index >= 15 is 0 Å². The maximum atomic E-state index is 12.1. The van der Waals surface area contributed by atoms with E-state index in [2.05, 4.69) is 22.0 Å². The molecule has 2 rings (SSSR count). The molecular formula is C19H37IN4O3. The molecule has 158 valence electrons. The fraction of sp³-hybridized carbons (Fsp3) is 0.895. The molecule has 0 saturated carbocycles. The number of aliphatic hydroxyl groups excluding tert-OH is 1. The molecule has 7 nitrogen and oxygen atoms in total. The van der Waals surface area contributed by atoms with Gasteiger partial charge in [0.15, 0.2) is 5.96 Å². The number of piperidine rings is 2. The number of hydrogen-bond acceptors (Lipinski definition) is 5. The van der Waals surface area contributed by atoms with E-state index in [0.717, 1.165) is 77.3 Å². The average Bonchev–Trinajstić information content (AvgIpc) is 2.66. The van der Waals surface area contributed by atoms with Crippen LogP contribution in [-0.4, -0.2) is 85.4 Å². The van der Waals surface area contributed by atoms with E-state index in [4.69, 9.17) is 9.73 Å². The quantitative estimate of drug-likeness (QED) is 0.184. The standard InChI is InChI=1S/C19H36N4O3.HI/c1-3-20-19(21-10-6-11-22-13-8-17(24)9-14-22)23-12-5-7-16(15-23)18(25)26-4-2;/h16-17,24H,3-15H2,1-2H3,(H,20,21);1H. The predicted octanol–water partition coefficient (Wildman–Crippen LogP) is 1.69. The molecule has 0 bridgehead atoms. The second kappa shape index (κ2) is 13.5. The van der Waals surface area contributed by atoms with E-state index < -0.39 is 0 Å². The molecule has 0 spiro atoms. The number of rotatable bonds is 7. The van der Waals surface area contributed by atoms with Gasteiger partial charge in [-0.25, -0.2) is 0 Å². The lowest BCUT2D eigenvalue weighted by atomic mass is 9.98. The van der Waals surface area contributed by atoms with Crippen LogP contribution in [0.1, 0.15) is 46.0 Å². The summed E-state index contributed by atoms with van der Waals surface area (Å²) < 4.78 is 5.19. The van der Waals surface area contributed by atoms with Crippen LogP contribution in [0, 0.1) is 5.92 Å². The molecule has 2 heterocycles. The van der Waals surface area contributed by atoms with E-state index in [9.17, 15) is 9.90 Å². The number of carbonyl (C=O) groups is 1. The topological polar surface area (TPSA) is 77.4 Å².